The monoisotopic (exact) mass is 130 g/mol. The van der Waals surface area contributed by atoms with Gasteiger partial charge in [0.25, 0.3) is 0 Å². The van der Waals surface area contributed by atoms with Crippen molar-refractivity contribution in [3.8, 4) is 0 Å². The minimum Gasteiger partial charge on any atom is -0.289 e. The highest BCUT2D eigenvalue weighted by atomic mass is 16.3. The Morgan fingerprint density at radius 1 is 1.44 bits per heavy atom. The van der Waals surface area contributed by atoms with E-state index < -0.39 is 6.23 Å². The minimum atomic E-state index is -0.612. The molecule has 0 spiro atoms. The average Bonchev–Trinajstić information content (AvgIpc) is 1.83. The highest BCUT2D eigenvalue weighted by Crippen LogP contribution is 1.97. The second kappa shape index (κ2) is 4.77. The topological polar surface area (TPSA) is 31.9 Å². The third-order valence-electron chi connectivity index (χ3n) is 1.45. The van der Waals surface area contributed by atoms with Gasteiger partial charge in [0.05, 0.1) is 0 Å². The van der Waals surface area contributed by atoms with Crippen molar-refractivity contribution in [3.63, 3.8) is 0 Å². The molecule has 9 heavy (non-hydrogen) atoms. The lowest BCUT2D eigenvalue weighted by Gasteiger charge is -2.09. The predicted octanol–water partition coefficient (Wildman–Crippen LogP) is 1.40. The van der Waals surface area contributed by atoms with Crippen LogP contribution in [0.15, 0.2) is 0 Å². The zero-order chi connectivity index (χ0) is 7.28. The van der Waals surface area contributed by atoms with Crippen LogP contribution in [-0.4, -0.2) is 12.8 Å². The van der Waals surface area contributed by atoms with Gasteiger partial charge in [0.2, 0.25) is 0 Å². The molecule has 0 saturated heterocycles. The van der Waals surface area contributed by atoms with Crippen LogP contribution >= 0.6 is 0 Å². The van der Waals surface area contributed by atoms with Crippen LogP contribution in [0.2, 0.25) is 0 Å². The van der Waals surface area contributed by atoms with Gasteiger partial charge >= 0.3 is 0 Å². The van der Waals surface area contributed by atoms with Crippen molar-refractivity contribution in [1.82, 2.24) is 5.32 Å². The van der Waals surface area contributed by atoms with E-state index in [0.29, 0.717) is 5.92 Å². The molecule has 0 fully saturated rings. The Labute approximate surface area is 57.3 Å². The molecule has 0 saturated carbocycles. The fourth-order valence-corrected chi connectivity index (χ4v) is 0.511. The quantitative estimate of drug-likeness (QED) is 0.573. The van der Waals surface area contributed by atoms with E-state index in [1.807, 2.05) is 0 Å². The predicted molar refractivity (Wildman–Crippen MR) is 37.6 cm³/mol. The van der Waals surface area contributed by atoms with Crippen molar-refractivity contribution in [2.45, 2.75) is 33.4 Å². The highest BCUT2D eigenvalue weighted by molar-refractivity contribution is 4.53. The summed E-state index contributed by atoms with van der Waals surface area (Å²) in [5.74, 6) is 0.626. The Morgan fingerprint density at radius 2 is 2.00 bits per heavy atom. The molecule has 0 heterocycles. The Balaban J connectivity index is 3.06. The van der Waals surface area contributed by atoms with Crippen LogP contribution in [0.4, 0.5) is 0 Å². The SMILES string of the molecule is CCC(C)CNC(C)[O]. The van der Waals surface area contributed by atoms with E-state index in [0.717, 1.165) is 13.0 Å². The van der Waals surface area contributed by atoms with E-state index in [-0.39, 0.29) is 0 Å². The van der Waals surface area contributed by atoms with Crippen molar-refractivity contribution < 1.29 is 5.11 Å². The normalized spacial score (nSPS) is 17.3. The molecule has 2 nitrogen and oxygen atoms in total. The van der Waals surface area contributed by atoms with Crippen LogP contribution in [-0.2, 0) is 5.11 Å². The maximum atomic E-state index is 10.4. The summed E-state index contributed by atoms with van der Waals surface area (Å²) in [7, 11) is 0. The Bertz CT molecular complexity index is 63.9. The van der Waals surface area contributed by atoms with E-state index in [1.165, 1.54) is 0 Å². The van der Waals surface area contributed by atoms with Gasteiger partial charge in [-0.15, -0.1) is 0 Å². The molecular formula is C7H16NO. The summed E-state index contributed by atoms with van der Waals surface area (Å²) < 4.78 is 0. The van der Waals surface area contributed by atoms with Gasteiger partial charge in [0, 0.05) is 6.54 Å². The molecular weight excluding hydrogens is 114 g/mol. The molecule has 2 heteroatoms. The molecule has 0 aliphatic rings. The molecule has 0 bridgehead atoms. The van der Waals surface area contributed by atoms with Crippen LogP contribution in [0, 0.1) is 5.92 Å². The molecule has 0 aliphatic heterocycles. The molecule has 1 N–H and O–H groups in total. The highest BCUT2D eigenvalue weighted by Gasteiger charge is 1.99. The van der Waals surface area contributed by atoms with E-state index in [4.69, 9.17) is 0 Å². The van der Waals surface area contributed by atoms with Crippen LogP contribution in [0.5, 0.6) is 0 Å². The average molecular weight is 130 g/mol. The largest absolute Gasteiger partial charge is 0.289 e. The molecule has 0 aromatic rings. The summed E-state index contributed by atoms with van der Waals surface area (Å²) >= 11 is 0. The number of hydrogen-bond acceptors (Lipinski definition) is 1. The Kier molecular flexibility index (Phi) is 4.72. The summed E-state index contributed by atoms with van der Waals surface area (Å²) in [5.41, 5.74) is 0. The molecule has 0 aromatic carbocycles. The van der Waals surface area contributed by atoms with E-state index in [1.54, 1.807) is 6.92 Å². The lowest BCUT2D eigenvalue weighted by molar-refractivity contribution is 0.0717. The van der Waals surface area contributed by atoms with Gasteiger partial charge in [-0.25, -0.2) is 5.11 Å². The van der Waals surface area contributed by atoms with Crippen LogP contribution in [0.25, 0.3) is 0 Å². The van der Waals surface area contributed by atoms with Crippen molar-refractivity contribution in [2.24, 2.45) is 5.92 Å². The first-order valence-electron chi connectivity index (χ1n) is 3.56. The van der Waals surface area contributed by atoms with Crippen molar-refractivity contribution in [1.29, 1.82) is 0 Å². The van der Waals surface area contributed by atoms with Crippen LogP contribution in [0.3, 0.4) is 0 Å². The number of rotatable bonds is 4. The van der Waals surface area contributed by atoms with Gasteiger partial charge in [-0.1, -0.05) is 20.3 Å². The zero-order valence-corrected chi connectivity index (χ0v) is 6.48. The van der Waals surface area contributed by atoms with Crippen LogP contribution in [0.1, 0.15) is 27.2 Å². The first-order valence-corrected chi connectivity index (χ1v) is 3.56. The third-order valence-corrected chi connectivity index (χ3v) is 1.45. The Hall–Kier alpha value is -0.0800. The molecule has 0 aromatic heterocycles. The maximum Gasteiger partial charge on any atom is 0.140 e. The second-order valence-corrected chi connectivity index (χ2v) is 2.56. The first-order chi connectivity index (χ1) is 4.16. The summed E-state index contributed by atoms with van der Waals surface area (Å²) in [6.45, 7) is 6.74. The molecule has 55 valence electrons. The van der Waals surface area contributed by atoms with Crippen molar-refractivity contribution in [3.05, 3.63) is 0 Å². The van der Waals surface area contributed by atoms with Gasteiger partial charge in [-0.05, 0) is 12.8 Å². The molecule has 0 aliphatic carbocycles. The lowest BCUT2D eigenvalue weighted by Crippen LogP contribution is -2.28. The van der Waals surface area contributed by atoms with E-state index in [9.17, 15) is 5.11 Å². The smallest absolute Gasteiger partial charge is 0.140 e. The summed E-state index contributed by atoms with van der Waals surface area (Å²) in [6, 6.07) is 0. The fourth-order valence-electron chi connectivity index (χ4n) is 0.511. The summed E-state index contributed by atoms with van der Waals surface area (Å²) in [6.07, 6.45) is 0.527. The van der Waals surface area contributed by atoms with Gasteiger partial charge in [0.15, 0.2) is 0 Å². The number of nitrogens with one attached hydrogen (secondary N) is 1. The fraction of sp³-hybridized carbons (Fsp3) is 1.00. The summed E-state index contributed by atoms with van der Waals surface area (Å²) in [5, 5.41) is 13.3. The van der Waals surface area contributed by atoms with E-state index >= 15 is 0 Å². The standard InChI is InChI=1S/C7H16NO/c1-4-6(2)5-8-7(3)9/h6-8H,4-5H2,1-3H3. The summed E-state index contributed by atoms with van der Waals surface area (Å²) in [4.78, 5) is 0. The molecule has 2 unspecified atom stereocenters. The van der Waals surface area contributed by atoms with Gasteiger partial charge < -0.3 is 0 Å². The maximum absolute atomic E-state index is 10.4. The zero-order valence-electron chi connectivity index (χ0n) is 6.48. The van der Waals surface area contributed by atoms with Crippen molar-refractivity contribution >= 4 is 0 Å². The second-order valence-electron chi connectivity index (χ2n) is 2.56. The third kappa shape index (κ3) is 5.80. The molecule has 0 amide bonds. The van der Waals surface area contributed by atoms with Gasteiger partial charge in [0.1, 0.15) is 6.23 Å². The molecule has 0 rings (SSSR count). The Morgan fingerprint density at radius 3 is 2.33 bits per heavy atom. The molecule has 1 radical (unpaired) electrons. The van der Waals surface area contributed by atoms with Gasteiger partial charge in [-0.3, -0.25) is 5.32 Å². The molecule has 2 atom stereocenters. The minimum absolute atomic E-state index is 0.612. The first kappa shape index (κ1) is 8.92. The van der Waals surface area contributed by atoms with Crippen LogP contribution < -0.4 is 5.32 Å². The van der Waals surface area contributed by atoms with E-state index in [2.05, 4.69) is 19.2 Å². The van der Waals surface area contributed by atoms with Gasteiger partial charge in [-0.2, -0.15) is 0 Å². The number of hydrogen-bond donors (Lipinski definition) is 1. The lowest BCUT2D eigenvalue weighted by atomic mass is 10.1. The van der Waals surface area contributed by atoms with Crippen molar-refractivity contribution in [2.75, 3.05) is 6.54 Å².